The van der Waals surface area contributed by atoms with E-state index >= 15 is 0 Å². The topological polar surface area (TPSA) is 235 Å². The van der Waals surface area contributed by atoms with Gasteiger partial charge in [0.15, 0.2) is 0 Å². The maximum Gasteiger partial charge on any atom is 0.251 e. The number of amides is 3. The highest BCUT2D eigenvalue weighted by atomic mass is 16.6. The van der Waals surface area contributed by atoms with Crippen LogP contribution in [0.2, 0.25) is 0 Å². The third kappa shape index (κ3) is 14.6. The fourth-order valence-electron chi connectivity index (χ4n) is 15.2. The summed E-state index contributed by atoms with van der Waals surface area (Å²) in [5.74, 6) is 1.95. The van der Waals surface area contributed by atoms with Crippen molar-refractivity contribution >= 4 is 17.7 Å². The summed E-state index contributed by atoms with van der Waals surface area (Å²) in [6.07, 6.45) is 28.3. The second-order valence-electron chi connectivity index (χ2n) is 26.5. The van der Waals surface area contributed by atoms with Crippen LogP contribution < -0.4 is 16.0 Å². The average molecular weight is 1220 g/mol. The van der Waals surface area contributed by atoms with Gasteiger partial charge in [-0.05, 0) is 86.8 Å². The quantitative estimate of drug-likeness (QED) is 0.0878. The van der Waals surface area contributed by atoms with Gasteiger partial charge < -0.3 is 44.4 Å². The van der Waals surface area contributed by atoms with Crippen LogP contribution in [0.5, 0.6) is 0 Å². The van der Waals surface area contributed by atoms with Gasteiger partial charge in [0.2, 0.25) is 0 Å². The first kappa shape index (κ1) is 61.1. The normalized spacial score (nSPS) is 29.3. The zero-order valence-electron chi connectivity index (χ0n) is 51.6. The van der Waals surface area contributed by atoms with Crippen LogP contribution in [0.1, 0.15) is 174 Å². The largest absolute Gasteiger partial charge is 0.371 e. The van der Waals surface area contributed by atoms with Gasteiger partial charge in [-0.1, -0.05) is 166 Å². The lowest BCUT2D eigenvalue weighted by Gasteiger charge is -2.20. The lowest BCUT2D eigenvalue weighted by Crippen LogP contribution is -2.44. The molecule has 3 aromatic carbocycles. The summed E-state index contributed by atoms with van der Waals surface area (Å²) in [7, 11) is 0. The molecule has 0 spiro atoms. The zero-order chi connectivity index (χ0) is 60.6. The number of carbonyl (C=O) groups excluding carboxylic acids is 3. The molecule has 9 aliphatic rings. The minimum atomic E-state index is -0.158. The highest BCUT2D eigenvalue weighted by Gasteiger charge is 2.52. The van der Waals surface area contributed by atoms with Crippen molar-refractivity contribution in [3.63, 3.8) is 0 Å². The number of ether oxygens (including phenoxy) is 6. The van der Waals surface area contributed by atoms with E-state index in [2.05, 4.69) is 65.5 Å². The van der Waals surface area contributed by atoms with Gasteiger partial charge in [-0.2, -0.15) is 0 Å². The molecule has 12 atom stereocenters. The molecule has 474 valence electrons. The lowest BCUT2D eigenvalue weighted by molar-refractivity contribution is 0.0613. The van der Waals surface area contributed by atoms with E-state index in [1.54, 1.807) is 0 Å². The van der Waals surface area contributed by atoms with E-state index in [9.17, 15) is 14.4 Å². The van der Waals surface area contributed by atoms with Crippen molar-refractivity contribution < 1.29 is 42.8 Å². The number of hydrogen-bond acceptors (Lipinski definition) is 15. The van der Waals surface area contributed by atoms with Crippen molar-refractivity contribution in [3.05, 3.63) is 142 Å². The molecule has 6 aliphatic heterocycles. The number of carbonyl (C=O) groups is 3. The Morgan fingerprint density at radius 3 is 1.20 bits per heavy atom. The molecule has 9 heterocycles. The predicted molar refractivity (Wildman–Crippen MR) is 329 cm³/mol. The standard InChI is InChI=1S/2C23H30N4O3.C22H28N4O3/c1-15-7-5-6-10-18(15)23(28)24-19-13-29-22-20(14-30-21(19)22)27-12-17(25-26-27)11-16-8-3-2-4-9-16;1-15-6-5-9-17(10-15)23(28)24-19-13-29-22-20(14-30-21(19)22)27-12-18(25-26-27)11-16-7-3-2-4-8-16;27-22(16-9-5-2-6-10-16)23-18-13-28-21-19(14-29-20(18)21)26-12-17(24-25-26)11-15-7-3-1-4-8-15/h5-7,10,12,16,19-22H,2-4,8-9,11,13-14H2,1H3,(H,24,28);5-6,9-10,12,16,19-22H,2-4,7-8,11,13-14H2,1H3,(H,24,28);2,5-6,9-10,12,15,18-21H,1,3-4,7-8,11,13-14H2,(H,23,27)/t2*19-,20-,21+,22+;18-,19-,20+,21+/m000/s1. The second kappa shape index (κ2) is 28.6. The third-order valence-corrected chi connectivity index (χ3v) is 20.1. The maximum absolute atomic E-state index is 12.7. The molecule has 3 saturated carbocycles. The van der Waals surface area contributed by atoms with Crippen LogP contribution >= 0.6 is 0 Å². The molecule has 3 N–H and O–H groups in total. The molecule has 89 heavy (non-hydrogen) atoms. The van der Waals surface area contributed by atoms with Crippen molar-refractivity contribution in [2.45, 2.75) is 202 Å². The first-order valence-electron chi connectivity index (χ1n) is 33.2. The van der Waals surface area contributed by atoms with Crippen molar-refractivity contribution in [2.24, 2.45) is 17.8 Å². The van der Waals surface area contributed by atoms with Gasteiger partial charge in [0, 0.05) is 35.3 Å². The summed E-state index contributed by atoms with van der Waals surface area (Å²) < 4.78 is 42.0. The summed E-state index contributed by atoms with van der Waals surface area (Å²) in [6, 6.07) is 24.0. The van der Waals surface area contributed by atoms with Crippen molar-refractivity contribution in [1.82, 2.24) is 60.9 Å². The highest BCUT2D eigenvalue weighted by Crippen LogP contribution is 2.38. The minimum Gasteiger partial charge on any atom is -0.371 e. The summed E-state index contributed by atoms with van der Waals surface area (Å²) in [4.78, 5) is 37.8. The predicted octanol–water partition coefficient (Wildman–Crippen LogP) is 8.23. The van der Waals surface area contributed by atoms with Crippen LogP contribution in [0.25, 0.3) is 0 Å². The minimum absolute atomic E-state index is 0.00275. The highest BCUT2D eigenvalue weighted by molar-refractivity contribution is 5.96. The number of benzene rings is 3. The van der Waals surface area contributed by atoms with Gasteiger partial charge in [-0.3, -0.25) is 14.4 Å². The number of fused-ring (bicyclic) bond motifs is 3. The summed E-state index contributed by atoms with van der Waals surface area (Å²) >= 11 is 0. The second-order valence-corrected chi connectivity index (χ2v) is 26.5. The molecule has 6 aromatic rings. The van der Waals surface area contributed by atoms with Crippen LogP contribution in [0, 0.1) is 31.6 Å². The van der Waals surface area contributed by atoms with Crippen LogP contribution in [-0.4, -0.2) is 157 Å². The van der Waals surface area contributed by atoms with E-state index in [4.69, 9.17) is 28.4 Å². The van der Waals surface area contributed by atoms with Gasteiger partial charge in [-0.15, -0.1) is 15.3 Å². The Morgan fingerprint density at radius 2 is 0.787 bits per heavy atom. The molecular formula is C68H88N12O9. The Morgan fingerprint density at radius 1 is 0.416 bits per heavy atom. The summed E-state index contributed by atoms with van der Waals surface area (Å²) in [6.45, 7) is 6.86. The Hall–Kier alpha value is -6.75. The molecule has 15 rings (SSSR count). The molecule has 21 heteroatoms. The molecule has 3 amide bonds. The zero-order valence-corrected chi connectivity index (χ0v) is 51.6. The first-order chi connectivity index (χ1) is 43.6. The van der Waals surface area contributed by atoms with Gasteiger partial charge in [0.05, 0.1) is 74.8 Å². The summed E-state index contributed by atoms with van der Waals surface area (Å²) in [5.41, 5.74) is 7.22. The molecule has 3 aromatic heterocycles. The Balaban J connectivity index is 0.000000123. The van der Waals surface area contributed by atoms with Crippen LogP contribution in [0.15, 0.2) is 97.5 Å². The van der Waals surface area contributed by atoms with E-state index in [1.165, 1.54) is 96.3 Å². The molecular weight excluding hydrogens is 1130 g/mol. The number of nitrogens with one attached hydrogen (secondary N) is 3. The van der Waals surface area contributed by atoms with Crippen LogP contribution in [0.3, 0.4) is 0 Å². The lowest BCUT2D eigenvalue weighted by atomic mass is 9.86. The molecule has 0 unspecified atom stereocenters. The van der Waals surface area contributed by atoms with Crippen molar-refractivity contribution in [2.75, 3.05) is 39.6 Å². The van der Waals surface area contributed by atoms with E-state index in [-0.39, 0.29) is 90.6 Å². The number of aromatic nitrogens is 9. The maximum atomic E-state index is 12.7. The van der Waals surface area contributed by atoms with Crippen molar-refractivity contribution in [3.8, 4) is 0 Å². The van der Waals surface area contributed by atoms with Crippen LogP contribution in [-0.2, 0) is 47.7 Å². The molecule has 0 bridgehead atoms. The molecule has 0 radical (unpaired) electrons. The van der Waals surface area contributed by atoms with Gasteiger partial charge >= 0.3 is 0 Å². The van der Waals surface area contributed by atoms with Gasteiger partial charge in [0.1, 0.15) is 54.7 Å². The summed E-state index contributed by atoms with van der Waals surface area (Å²) in [5, 5.41) is 35.7. The number of nitrogens with zero attached hydrogens (tertiary/aromatic N) is 9. The SMILES string of the molecule is Cc1cccc(C(=O)N[C@H]2CO[C@H]3[C@@H]2OC[C@@H]3n2cc(CC3CCCCC3)nn2)c1.Cc1ccccc1C(=O)N[C@H]1CO[C@H]2[C@@H]1OC[C@@H]2n1cc(CC2CCCCC2)nn1.O=C(N[C@H]1CO[C@H]2[C@@H]1OC[C@@H]2n1cc(CC2CCCCC2)nn1)c1ccccc1. The average Bonchev–Trinajstić information content (AvgIpc) is 1.83. The molecule has 6 saturated heterocycles. The first-order valence-corrected chi connectivity index (χ1v) is 33.2. The van der Waals surface area contributed by atoms with E-state index in [1.807, 2.05) is 107 Å². The Kier molecular flexibility index (Phi) is 19.6. The molecule has 21 nitrogen and oxygen atoms in total. The van der Waals surface area contributed by atoms with E-state index < -0.39 is 0 Å². The van der Waals surface area contributed by atoms with Crippen molar-refractivity contribution in [1.29, 1.82) is 0 Å². The number of rotatable bonds is 15. The van der Waals surface area contributed by atoms with Gasteiger partial charge in [-0.25, -0.2) is 14.0 Å². The molecule has 3 aliphatic carbocycles. The van der Waals surface area contributed by atoms with Gasteiger partial charge in [0.25, 0.3) is 17.7 Å². The number of hydrogen-bond donors (Lipinski definition) is 3. The third-order valence-electron chi connectivity index (χ3n) is 20.1. The van der Waals surface area contributed by atoms with E-state index in [0.717, 1.165) is 65.2 Å². The Bertz CT molecular complexity index is 3300. The Labute approximate surface area is 521 Å². The smallest absolute Gasteiger partial charge is 0.251 e. The molecule has 9 fully saturated rings. The monoisotopic (exact) mass is 1220 g/mol. The fourth-order valence-corrected chi connectivity index (χ4v) is 15.2. The van der Waals surface area contributed by atoms with E-state index in [0.29, 0.717) is 56.3 Å². The number of aryl methyl sites for hydroxylation is 2. The van der Waals surface area contributed by atoms with Crippen LogP contribution in [0.4, 0.5) is 0 Å². The fraction of sp³-hybridized carbons (Fsp3) is 0.603.